The van der Waals surface area contributed by atoms with Crippen LogP contribution in [0.3, 0.4) is 0 Å². The molecule has 2 rings (SSSR count). The van der Waals surface area contributed by atoms with Crippen LogP contribution in [0.25, 0.3) is 11.5 Å². The molecular weight excluding hydrogens is 362 g/mol. The number of esters is 1. The lowest BCUT2D eigenvalue weighted by atomic mass is 10.2. The molecule has 0 aliphatic rings. The van der Waals surface area contributed by atoms with Crippen LogP contribution in [0.2, 0.25) is 0 Å². The van der Waals surface area contributed by atoms with Crippen LogP contribution in [0.5, 0.6) is 0 Å². The molecule has 0 unspecified atom stereocenters. The maximum Gasteiger partial charge on any atom is 0.320 e. The Bertz CT molecular complexity index is 645. The number of hydrogen-bond donors (Lipinski definition) is 0. The quantitative estimate of drug-likeness (QED) is 0.653. The van der Waals surface area contributed by atoms with Crippen molar-refractivity contribution in [3.63, 3.8) is 0 Å². The van der Waals surface area contributed by atoms with E-state index in [9.17, 15) is 4.79 Å². The van der Waals surface area contributed by atoms with Gasteiger partial charge in [-0.25, -0.2) is 0 Å². The van der Waals surface area contributed by atoms with Crippen LogP contribution in [-0.2, 0) is 16.1 Å². The minimum absolute atomic E-state index is 0.219. The molecule has 7 heteroatoms. The molecule has 1 aromatic heterocycles. The number of carbonyl (C=O) groups is 1. The average molecular weight is 382 g/mol. The molecule has 0 radical (unpaired) electrons. The van der Waals surface area contributed by atoms with Gasteiger partial charge in [-0.1, -0.05) is 28.9 Å². The molecule has 0 saturated carbocycles. The third-order valence-electron chi connectivity index (χ3n) is 3.10. The lowest BCUT2D eigenvalue weighted by Crippen LogP contribution is -2.31. The molecule has 0 spiro atoms. The molecule has 0 aliphatic heterocycles. The number of nitrogens with zero attached hydrogens (tertiary/aromatic N) is 3. The van der Waals surface area contributed by atoms with E-state index < -0.39 is 0 Å². The van der Waals surface area contributed by atoms with Gasteiger partial charge in [0.05, 0.1) is 19.7 Å². The molecule has 0 amide bonds. The fourth-order valence-electron chi connectivity index (χ4n) is 2.17. The van der Waals surface area contributed by atoms with Crippen LogP contribution in [0, 0.1) is 0 Å². The zero-order valence-electron chi connectivity index (χ0n) is 13.3. The van der Waals surface area contributed by atoms with Crippen molar-refractivity contribution in [2.24, 2.45) is 0 Å². The predicted octanol–water partition coefficient (Wildman–Crippen LogP) is 3.27. The van der Waals surface area contributed by atoms with Gasteiger partial charge < -0.3 is 9.15 Å². The van der Waals surface area contributed by atoms with Crippen LogP contribution in [0.1, 0.15) is 26.2 Å². The highest BCUT2D eigenvalue weighted by atomic mass is 79.9. The van der Waals surface area contributed by atoms with E-state index in [0.717, 1.165) is 23.0 Å². The maximum absolute atomic E-state index is 11.6. The third kappa shape index (κ3) is 5.44. The lowest BCUT2D eigenvalue weighted by Gasteiger charge is -2.18. The van der Waals surface area contributed by atoms with Crippen LogP contribution in [0.15, 0.2) is 33.2 Å². The Morgan fingerprint density at radius 1 is 1.35 bits per heavy atom. The molecule has 23 heavy (non-hydrogen) atoms. The largest absolute Gasteiger partial charge is 0.465 e. The van der Waals surface area contributed by atoms with Crippen molar-refractivity contribution in [3.05, 3.63) is 34.6 Å². The first kappa shape index (κ1) is 17.6. The van der Waals surface area contributed by atoms with Crippen LogP contribution >= 0.6 is 15.9 Å². The van der Waals surface area contributed by atoms with E-state index in [4.69, 9.17) is 9.15 Å². The number of aromatic nitrogens is 2. The summed E-state index contributed by atoms with van der Waals surface area (Å²) in [4.78, 5) is 13.6. The molecule has 6 nitrogen and oxygen atoms in total. The zero-order valence-corrected chi connectivity index (χ0v) is 14.9. The Morgan fingerprint density at radius 3 is 2.87 bits per heavy atom. The lowest BCUT2D eigenvalue weighted by molar-refractivity contribution is -0.144. The second-order valence-electron chi connectivity index (χ2n) is 5.03. The highest BCUT2D eigenvalue weighted by molar-refractivity contribution is 9.10. The predicted molar refractivity (Wildman–Crippen MR) is 89.6 cm³/mol. The number of rotatable bonds is 8. The Kier molecular flexibility index (Phi) is 6.73. The van der Waals surface area contributed by atoms with Crippen molar-refractivity contribution in [1.29, 1.82) is 0 Å². The molecule has 0 atom stereocenters. The van der Waals surface area contributed by atoms with Crippen molar-refractivity contribution in [2.75, 3.05) is 19.7 Å². The average Bonchev–Trinajstić information content (AvgIpc) is 2.96. The molecule has 1 aromatic carbocycles. The second-order valence-corrected chi connectivity index (χ2v) is 5.94. The van der Waals surface area contributed by atoms with Crippen molar-refractivity contribution >= 4 is 21.9 Å². The van der Waals surface area contributed by atoms with Crippen molar-refractivity contribution in [3.8, 4) is 11.5 Å². The topological polar surface area (TPSA) is 68.5 Å². The van der Waals surface area contributed by atoms with E-state index >= 15 is 0 Å². The SMILES string of the molecule is CCCN(CC(=O)OCC)Cc1nnc(-c2cccc(Br)c2)o1. The molecule has 0 fully saturated rings. The molecule has 1 heterocycles. The van der Waals surface area contributed by atoms with Crippen LogP contribution in [-0.4, -0.2) is 40.8 Å². The number of halogens is 1. The van der Waals surface area contributed by atoms with Gasteiger partial charge in [0.15, 0.2) is 0 Å². The van der Waals surface area contributed by atoms with Gasteiger partial charge in [-0.15, -0.1) is 10.2 Å². The summed E-state index contributed by atoms with van der Waals surface area (Å²) in [5, 5.41) is 8.15. The van der Waals surface area contributed by atoms with Crippen molar-refractivity contribution in [2.45, 2.75) is 26.8 Å². The molecule has 0 N–H and O–H groups in total. The van der Waals surface area contributed by atoms with E-state index in [-0.39, 0.29) is 12.5 Å². The van der Waals surface area contributed by atoms with Gasteiger partial charge in [0, 0.05) is 10.0 Å². The monoisotopic (exact) mass is 381 g/mol. The van der Waals surface area contributed by atoms with Crippen LogP contribution in [0.4, 0.5) is 0 Å². The van der Waals surface area contributed by atoms with Crippen molar-refractivity contribution in [1.82, 2.24) is 15.1 Å². The van der Waals surface area contributed by atoms with Gasteiger partial charge in [0.2, 0.25) is 11.8 Å². The second kappa shape index (κ2) is 8.79. The standard InChI is InChI=1S/C16H20BrN3O3/c1-3-8-20(11-15(21)22-4-2)10-14-18-19-16(23-14)12-6-5-7-13(17)9-12/h5-7,9H,3-4,8,10-11H2,1-2H3. The summed E-state index contributed by atoms with van der Waals surface area (Å²) in [6, 6.07) is 7.67. The minimum atomic E-state index is -0.243. The summed E-state index contributed by atoms with van der Waals surface area (Å²) in [5.74, 6) is 0.708. The van der Waals surface area contributed by atoms with Crippen molar-refractivity contribution < 1.29 is 13.9 Å². The number of benzene rings is 1. The first-order chi connectivity index (χ1) is 11.1. The number of hydrogen-bond acceptors (Lipinski definition) is 6. The Balaban J connectivity index is 2.04. The van der Waals surface area contributed by atoms with E-state index in [0.29, 0.717) is 24.9 Å². The maximum atomic E-state index is 11.6. The summed E-state index contributed by atoms with van der Waals surface area (Å²) in [7, 11) is 0. The molecular formula is C16H20BrN3O3. The van der Waals surface area contributed by atoms with Gasteiger partial charge >= 0.3 is 5.97 Å². The number of carbonyl (C=O) groups excluding carboxylic acids is 1. The molecule has 124 valence electrons. The highest BCUT2D eigenvalue weighted by Crippen LogP contribution is 2.22. The first-order valence-electron chi connectivity index (χ1n) is 7.58. The van der Waals surface area contributed by atoms with E-state index in [1.54, 1.807) is 6.92 Å². The third-order valence-corrected chi connectivity index (χ3v) is 3.59. The minimum Gasteiger partial charge on any atom is -0.465 e. The van der Waals surface area contributed by atoms with E-state index in [1.807, 2.05) is 29.2 Å². The Labute approximate surface area is 144 Å². The van der Waals surface area contributed by atoms with Gasteiger partial charge in [0.1, 0.15) is 0 Å². The molecule has 0 aliphatic carbocycles. The highest BCUT2D eigenvalue weighted by Gasteiger charge is 2.16. The van der Waals surface area contributed by atoms with Gasteiger partial charge in [-0.3, -0.25) is 9.69 Å². The fourth-order valence-corrected chi connectivity index (χ4v) is 2.57. The van der Waals surface area contributed by atoms with Gasteiger partial charge in [-0.2, -0.15) is 0 Å². The van der Waals surface area contributed by atoms with Gasteiger partial charge in [0.25, 0.3) is 0 Å². The molecule has 0 bridgehead atoms. The summed E-state index contributed by atoms with van der Waals surface area (Å²) in [6.45, 7) is 5.63. The molecule has 2 aromatic rings. The smallest absolute Gasteiger partial charge is 0.320 e. The van der Waals surface area contributed by atoms with E-state index in [1.165, 1.54) is 0 Å². The molecule has 0 saturated heterocycles. The fraction of sp³-hybridized carbons (Fsp3) is 0.438. The Hall–Kier alpha value is -1.73. The summed E-state index contributed by atoms with van der Waals surface area (Å²) < 4.78 is 11.6. The zero-order chi connectivity index (χ0) is 16.7. The number of ether oxygens (including phenoxy) is 1. The normalized spacial score (nSPS) is 11.0. The van der Waals surface area contributed by atoms with Gasteiger partial charge in [-0.05, 0) is 38.1 Å². The Morgan fingerprint density at radius 2 is 2.17 bits per heavy atom. The summed E-state index contributed by atoms with van der Waals surface area (Å²) in [6.07, 6.45) is 0.923. The summed E-state index contributed by atoms with van der Waals surface area (Å²) >= 11 is 3.42. The van der Waals surface area contributed by atoms with E-state index in [2.05, 4.69) is 33.1 Å². The first-order valence-corrected chi connectivity index (χ1v) is 8.38. The summed E-state index contributed by atoms with van der Waals surface area (Å²) in [5.41, 5.74) is 0.852. The van der Waals surface area contributed by atoms with Crippen LogP contribution < -0.4 is 0 Å².